The fourth-order valence-electron chi connectivity index (χ4n) is 2.85. The van der Waals surface area contributed by atoms with Crippen molar-refractivity contribution in [1.29, 1.82) is 0 Å². The Kier molecular flexibility index (Phi) is 4.46. The molecule has 0 spiro atoms. The molecule has 1 aliphatic rings. The lowest BCUT2D eigenvalue weighted by molar-refractivity contribution is 0.245. The van der Waals surface area contributed by atoms with Crippen LogP contribution < -0.4 is 15.0 Å². The van der Waals surface area contributed by atoms with Gasteiger partial charge in [-0.3, -0.25) is 9.88 Å². The summed E-state index contributed by atoms with van der Waals surface area (Å²) in [5.41, 5.74) is 2.55. The van der Waals surface area contributed by atoms with E-state index >= 15 is 0 Å². The van der Waals surface area contributed by atoms with Gasteiger partial charge in [0.05, 0.1) is 12.2 Å². The van der Waals surface area contributed by atoms with E-state index in [1.807, 2.05) is 36.4 Å². The predicted molar refractivity (Wildman–Crippen MR) is 101 cm³/mol. The second-order valence-electron chi connectivity index (χ2n) is 5.92. The van der Waals surface area contributed by atoms with Gasteiger partial charge in [-0.15, -0.1) is 0 Å². The van der Waals surface area contributed by atoms with Crippen molar-refractivity contribution < 1.29 is 9.53 Å². The van der Waals surface area contributed by atoms with Crippen molar-refractivity contribution in [1.82, 2.24) is 10.3 Å². The van der Waals surface area contributed by atoms with Crippen molar-refractivity contribution in [3.8, 4) is 11.5 Å². The Labute approximate surface area is 156 Å². The number of nitrogens with one attached hydrogen (secondary N) is 1. The minimum Gasteiger partial charge on any atom is -0.455 e. The minimum atomic E-state index is -0.217. The van der Waals surface area contributed by atoms with Crippen LogP contribution in [0.1, 0.15) is 11.1 Å². The number of halogens is 1. The van der Waals surface area contributed by atoms with Gasteiger partial charge >= 0.3 is 6.03 Å². The van der Waals surface area contributed by atoms with Crippen LogP contribution in [-0.2, 0) is 13.1 Å². The van der Waals surface area contributed by atoms with Crippen LogP contribution in [0.5, 0.6) is 11.5 Å². The zero-order chi connectivity index (χ0) is 17.9. The standard InChI is InChI=1S/C20H16ClN3O2/c21-16-5-6-19-17(11-16)24(13-15-3-1-2-4-18(15)26-19)20(25)23-12-14-7-9-22-10-8-14/h1-11H,12-13H2,(H,23,25). The third kappa shape index (κ3) is 3.34. The molecule has 0 unspecified atom stereocenters. The summed E-state index contributed by atoms with van der Waals surface area (Å²) in [7, 11) is 0. The number of benzene rings is 2. The molecule has 0 atom stereocenters. The molecule has 1 aliphatic heterocycles. The highest BCUT2D eigenvalue weighted by atomic mass is 35.5. The zero-order valence-electron chi connectivity index (χ0n) is 13.9. The van der Waals surface area contributed by atoms with Crippen LogP contribution in [0.25, 0.3) is 0 Å². The number of ether oxygens (including phenoxy) is 1. The van der Waals surface area contributed by atoms with Crippen LogP contribution in [0, 0.1) is 0 Å². The maximum atomic E-state index is 12.9. The Bertz CT molecular complexity index is 947. The first-order valence-corrected chi connectivity index (χ1v) is 8.58. The third-order valence-corrected chi connectivity index (χ3v) is 4.41. The van der Waals surface area contributed by atoms with E-state index in [1.165, 1.54) is 0 Å². The second kappa shape index (κ2) is 7.06. The molecule has 5 nitrogen and oxygen atoms in total. The SMILES string of the molecule is O=C(NCc1ccncc1)N1Cc2ccccc2Oc2ccc(Cl)cc21. The lowest BCUT2D eigenvalue weighted by atomic mass is 10.2. The molecular formula is C20H16ClN3O2. The number of rotatable bonds is 2. The van der Waals surface area contributed by atoms with Crippen LogP contribution in [-0.4, -0.2) is 11.0 Å². The number of aromatic nitrogens is 1. The average molecular weight is 366 g/mol. The minimum absolute atomic E-state index is 0.217. The molecule has 0 aliphatic carbocycles. The molecule has 2 heterocycles. The highest BCUT2D eigenvalue weighted by molar-refractivity contribution is 6.31. The number of amides is 2. The molecule has 3 aromatic rings. The summed E-state index contributed by atoms with van der Waals surface area (Å²) < 4.78 is 6.01. The number of urea groups is 1. The molecular weight excluding hydrogens is 350 g/mol. The van der Waals surface area contributed by atoms with Crippen LogP contribution in [0.3, 0.4) is 0 Å². The number of hydrogen-bond donors (Lipinski definition) is 1. The number of para-hydroxylation sites is 1. The molecule has 0 radical (unpaired) electrons. The largest absolute Gasteiger partial charge is 0.455 e. The number of carbonyl (C=O) groups excluding carboxylic acids is 1. The van der Waals surface area contributed by atoms with Gasteiger partial charge in [0.25, 0.3) is 0 Å². The van der Waals surface area contributed by atoms with Crippen molar-refractivity contribution in [2.45, 2.75) is 13.1 Å². The lowest BCUT2D eigenvalue weighted by Gasteiger charge is -2.22. The molecule has 4 rings (SSSR count). The topological polar surface area (TPSA) is 54.5 Å². The maximum absolute atomic E-state index is 12.9. The Hall–Kier alpha value is -3.05. The van der Waals surface area contributed by atoms with Crippen molar-refractivity contribution in [3.63, 3.8) is 0 Å². The Morgan fingerprint density at radius 3 is 2.77 bits per heavy atom. The second-order valence-corrected chi connectivity index (χ2v) is 6.36. The number of anilines is 1. The van der Waals surface area contributed by atoms with E-state index in [0.29, 0.717) is 29.5 Å². The first-order chi connectivity index (χ1) is 12.7. The van der Waals surface area contributed by atoms with Crippen molar-refractivity contribution >= 4 is 23.3 Å². The molecule has 130 valence electrons. The molecule has 2 aromatic carbocycles. The van der Waals surface area contributed by atoms with E-state index in [4.69, 9.17) is 16.3 Å². The lowest BCUT2D eigenvalue weighted by Crippen LogP contribution is -2.39. The van der Waals surface area contributed by atoms with Crippen LogP contribution in [0.2, 0.25) is 5.02 Å². The van der Waals surface area contributed by atoms with Crippen molar-refractivity contribution in [2.75, 3.05) is 4.90 Å². The number of carbonyl (C=O) groups is 1. The fraction of sp³-hybridized carbons (Fsp3) is 0.100. The molecule has 0 saturated heterocycles. The van der Waals surface area contributed by atoms with Crippen molar-refractivity contribution in [3.05, 3.63) is 83.1 Å². The smallest absolute Gasteiger partial charge is 0.322 e. The number of pyridine rings is 1. The van der Waals surface area contributed by atoms with Gasteiger partial charge in [0.2, 0.25) is 0 Å². The van der Waals surface area contributed by atoms with Crippen LogP contribution in [0.4, 0.5) is 10.5 Å². The number of fused-ring (bicyclic) bond motifs is 2. The van der Waals surface area contributed by atoms with Crippen LogP contribution in [0.15, 0.2) is 67.0 Å². The van der Waals surface area contributed by atoms with E-state index in [0.717, 1.165) is 16.9 Å². The van der Waals surface area contributed by atoms with Gasteiger partial charge in [-0.2, -0.15) is 0 Å². The zero-order valence-corrected chi connectivity index (χ0v) is 14.6. The fourth-order valence-corrected chi connectivity index (χ4v) is 3.02. The summed E-state index contributed by atoms with van der Waals surface area (Å²) in [6.45, 7) is 0.807. The first kappa shape index (κ1) is 16.4. The normalized spacial score (nSPS) is 12.4. The molecule has 2 amide bonds. The molecule has 0 fully saturated rings. The monoisotopic (exact) mass is 365 g/mol. The Morgan fingerprint density at radius 2 is 1.92 bits per heavy atom. The molecule has 1 N–H and O–H groups in total. The molecule has 1 aromatic heterocycles. The Balaban J connectivity index is 1.65. The number of hydrogen-bond acceptors (Lipinski definition) is 3. The van der Waals surface area contributed by atoms with Crippen LogP contribution >= 0.6 is 11.6 Å². The summed E-state index contributed by atoms with van der Waals surface area (Å²) in [5, 5.41) is 3.49. The average Bonchev–Trinajstić information content (AvgIpc) is 2.83. The predicted octanol–water partition coefficient (Wildman–Crippen LogP) is 4.76. The number of nitrogens with zero attached hydrogens (tertiary/aromatic N) is 2. The third-order valence-electron chi connectivity index (χ3n) is 4.17. The quantitative estimate of drug-likeness (QED) is 0.712. The first-order valence-electron chi connectivity index (χ1n) is 8.20. The van der Waals surface area contributed by atoms with E-state index in [-0.39, 0.29) is 6.03 Å². The summed E-state index contributed by atoms with van der Waals surface area (Å²) in [5.74, 6) is 1.33. The van der Waals surface area contributed by atoms with E-state index in [1.54, 1.807) is 35.5 Å². The van der Waals surface area contributed by atoms with Gasteiger partial charge in [0.15, 0.2) is 5.75 Å². The summed E-state index contributed by atoms with van der Waals surface area (Å²) >= 11 is 6.16. The molecule has 0 bridgehead atoms. The summed E-state index contributed by atoms with van der Waals surface area (Å²) in [6, 6.07) is 16.5. The summed E-state index contributed by atoms with van der Waals surface area (Å²) in [6.07, 6.45) is 3.40. The van der Waals surface area contributed by atoms with Crippen molar-refractivity contribution in [2.24, 2.45) is 0 Å². The van der Waals surface area contributed by atoms with E-state index < -0.39 is 0 Å². The van der Waals surface area contributed by atoms with Gasteiger partial charge in [-0.05, 0) is 42.0 Å². The van der Waals surface area contributed by atoms with Gasteiger partial charge in [-0.1, -0.05) is 29.8 Å². The van der Waals surface area contributed by atoms with Gasteiger partial charge in [-0.25, -0.2) is 4.79 Å². The van der Waals surface area contributed by atoms with E-state index in [2.05, 4.69) is 10.3 Å². The summed E-state index contributed by atoms with van der Waals surface area (Å²) in [4.78, 5) is 18.5. The van der Waals surface area contributed by atoms with Gasteiger partial charge in [0.1, 0.15) is 5.75 Å². The van der Waals surface area contributed by atoms with Gasteiger partial charge in [0, 0.05) is 29.5 Å². The van der Waals surface area contributed by atoms with Gasteiger partial charge < -0.3 is 10.1 Å². The Morgan fingerprint density at radius 1 is 1.12 bits per heavy atom. The molecule has 6 heteroatoms. The highest BCUT2D eigenvalue weighted by Crippen LogP contribution is 2.40. The molecule has 26 heavy (non-hydrogen) atoms. The molecule has 0 saturated carbocycles. The maximum Gasteiger partial charge on any atom is 0.322 e. The highest BCUT2D eigenvalue weighted by Gasteiger charge is 2.25. The van der Waals surface area contributed by atoms with E-state index in [9.17, 15) is 4.79 Å².